The summed E-state index contributed by atoms with van der Waals surface area (Å²) in [7, 11) is -1.66. The molecule has 0 spiro atoms. The van der Waals surface area contributed by atoms with E-state index in [2.05, 4.69) is 15.0 Å². The molecule has 0 saturated carbocycles. The molecule has 0 amide bonds. The second-order valence-electron chi connectivity index (χ2n) is 4.80. The SMILES string of the molecule is CNCc1ccc(S(=O)(=O)NCc2cnccc2C)cc1. The van der Waals surface area contributed by atoms with Gasteiger partial charge in [0.05, 0.1) is 4.90 Å². The highest BCUT2D eigenvalue weighted by molar-refractivity contribution is 7.89. The Labute approximate surface area is 125 Å². The van der Waals surface area contributed by atoms with Crippen molar-refractivity contribution in [3.8, 4) is 0 Å². The molecule has 1 heterocycles. The number of hydrogen-bond acceptors (Lipinski definition) is 4. The maximum absolute atomic E-state index is 12.2. The van der Waals surface area contributed by atoms with Crippen molar-refractivity contribution in [3.05, 3.63) is 59.4 Å². The maximum atomic E-state index is 12.2. The number of aromatic nitrogens is 1. The van der Waals surface area contributed by atoms with Gasteiger partial charge < -0.3 is 5.32 Å². The molecule has 21 heavy (non-hydrogen) atoms. The van der Waals surface area contributed by atoms with Gasteiger partial charge >= 0.3 is 0 Å². The van der Waals surface area contributed by atoms with Crippen molar-refractivity contribution in [3.63, 3.8) is 0 Å². The third kappa shape index (κ3) is 4.10. The Morgan fingerprint density at radius 2 is 1.81 bits per heavy atom. The van der Waals surface area contributed by atoms with Crippen LogP contribution in [0.3, 0.4) is 0 Å². The second kappa shape index (κ2) is 6.80. The molecule has 1 aromatic heterocycles. The lowest BCUT2D eigenvalue weighted by Crippen LogP contribution is -2.23. The van der Waals surface area contributed by atoms with Crippen LogP contribution in [0.15, 0.2) is 47.6 Å². The Bertz CT molecular complexity index is 697. The number of hydrogen-bond donors (Lipinski definition) is 2. The van der Waals surface area contributed by atoms with E-state index in [1.54, 1.807) is 36.7 Å². The van der Waals surface area contributed by atoms with Gasteiger partial charge in [-0.1, -0.05) is 12.1 Å². The summed E-state index contributed by atoms with van der Waals surface area (Å²) < 4.78 is 27.1. The summed E-state index contributed by atoms with van der Waals surface area (Å²) in [6.45, 7) is 2.88. The monoisotopic (exact) mass is 305 g/mol. The van der Waals surface area contributed by atoms with Crippen LogP contribution in [-0.2, 0) is 23.1 Å². The molecule has 2 rings (SSSR count). The Hall–Kier alpha value is -1.76. The highest BCUT2D eigenvalue weighted by Gasteiger charge is 2.13. The van der Waals surface area contributed by atoms with E-state index in [9.17, 15) is 8.42 Å². The molecule has 1 aromatic carbocycles. The van der Waals surface area contributed by atoms with Crippen LogP contribution in [0.5, 0.6) is 0 Å². The van der Waals surface area contributed by atoms with E-state index in [-0.39, 0.29) is 11.4 Å². The zero-order chi connectivity index (χ0) is 15.3. The minimum atomic E-state index is -3.51. The summed E-state index contributed by atoms with van der Waals surface area (Å²) in [4.78, 5) is 4.28. The zero-order valence-corrected chi connectivity index (χ0v) is 12.9. The average molecular weight is 305 g/mol. The van der Waals surface area contributed by atoms with Crippen molar-refractivity contribution in [1.82, 2.24) is 15.0 Å². The van der Waals surface area contributed by atoms with E-state index >= 15 is 0 Å². The molecule has 6 heteroatoms. The first-order valence-corrected chi connectivity index (χ1v) is 8.14. The van der Waals surface area contributed by atoms with Crippen molar-refractivity contribution < 1.29 is 8.42 Å². The van der Waals surface area contributed by atoms with Gasteiger partial charge in [0, 0.05) is 25.5 Å². The molecule has 0 aliphatic carbocycles. The smallest absolute Gasteiger partial charge is 0.240 e. The van der Waals surface area contributed by atoms with Gasteiger partial charge in [0.15, 0.2) is 0 Å². The number of rotatable bonds is 6. The lowest BCUT2D eigenvalue weighted by atomic mass is 10.2. The van der Waals surface area contributed by atoms with Crippen LogP contribution in [-0.4, -0.2) is 20.4 Å². The lowest BCUT2D eigenvalue weighted by molar-refractivity contribution is 0.581. The van der Waals surface area contributed by atoms with Crippen molar-refractivity contribution >= 4 is 10.0 Å². The first-order valence-electron chi connectivity index (χ1n) is 6.65. The van der Waals surface area contributed by atoms with E-state index in [4.69, 9.17) is 0 Å². The lowest BCUT2D eigenvalue weighted by Gasteiger charge is -2.09. The van der Waals surface area contributed by atoms with Crippen LogP contribution in [0, 0.1) is 6.92 Å². The second-order valence-corrected chi connectivity index (χ2v) is 6.57. The van der Waals surface area contributed by atoms with E-state index in [0.717, 1.165) is 16.7 Å². The van der Waals surface area contributed by atoms with Crippen molar-refractivity contribution in [2.45, 2.75) is 24.9 Å². The Morgan fingerprint density at radius 3 is 2.43 bits per heavy atom. The van der Waals surface area contributed by atoms with Crippen LogP contribution in [0.1, 0.15) is 16.7 Å². The van der Waals surface area contributed by atoms with Gasteiger partial charge in [-0.2, -0.15) is 0 Å². The molecule has 5 nitrogen and oxygen atoms in total. The molecule has 2 aromatic rings. The highest BCUT2D eigenvalue weighted by atomic mass is 32.2. The van der Waals surface area contributed by atoms with Gasteiger partial charge in [0.1, 0.15) is 0 Å². The van der Waals surface area contributed by atoms with Crippen LogP contribution in [0.2, 0.25) is 0 Å². The number of nitrogens with one attached hydrogen (secondary N) is 2. The minimum absolute atomic E-state index is 0.236. The van der Waals surface area contributed by atoms with E-state index in [1.807, 2.05) is 20.0 Å². The van der Waals surface area contributed by atoms with Gasteiger partial charge in [-0.05, 0) is 48.9 Å². The Morgan fingerprint density at radius 1 is 1.10 bits per heavy atom. The predicted molar refractivity (Wildman–Crippen MR) is 82.2 cm³/mol. The highest BCUT2D eigenvalue weighted by Crippen LogP contribution is 2.12. The standard InChI is InChI=1S/C15H19N3O2S/c1-12-7-8-17-10-14(12)11-18-21(19,20)15-5-3-13(4-6-15)9-16-2/h3-8,10,16,18H,9,11H2,1-2H3. The summed E-state index contributed by atoms with van der Waals surface area (Å²) in [5, 5.41) is 3.02. The molecule has 0 fully saturated rings. The Balaban J connectivity index is 2.09. The predicted octanol–water partition coefficient (Wildman–Crippen LogP) is 1.59. The third-order valence-electron chi connectivity index (χ3n) is 3.21. The van der Waals surface area contributed by atoms with E-state index in [0.29, 0.717) is 6.54 Å². The molecule has 2 N–H and O–H groups in total. The summed E-state index contributed by atoms with van der Waals surface area (Å²) in [6, 6.07) is 8.70. The van der Waals surface area contributed by atoms with Crippen molar-refractivity contribution in [2.75, 3.05) is 7.05 Å². The number of sulfonamides is 1. The number of aryl methyl sites for hydroxylation is 1. The van der Waals surface area contributed by atoms with Crippen molar-refractivity contribution in [2.24, 2.45) is 0 Å². The molecule has 112 valence electrons. The quantitative estimate of drug-likeness (QED) is 0.850. The van der Waals surface area contributed by atoms with Gasteiger partial charge in [-0.15, -0.1) is 0 Å². The first kappa shape index (κ1) is 15.6. The fraction of sp³-hybridized carbons (Fsp3) is 0.267. The molecular weight excluding hydrogens is 286 g/mol. The van der Waals surface area contributed by atoms with E-state index in [1.165, 1.54) is 0 Å². The van der Waals surface area contributed by atoms with Gasteiger partial charge in [0.25, 0.3) is 0 Å². The van der Waals surface area contributed by atoms with Crippen LogP contribution in [0.25, 0.3) is 0 Å². The topological polar surface area (TPSA) is 71.1 Å². The molecule has 0 bridgehead atoms. The number of benzene rings is 1. The summed E-state index contributed by atoms with van der Waals surface area (Å²) in [5.41, 5.74) is 2.92. The fourth-order valence-electron chi connectivity index (χ4n) is 1.93. The summed E-state index contributed by atoms with van der Waals surface area (Å²) in [5.74, 6) is 0. The first-order chi connectivity index (χ1) is 10.0. The molecule has 0 aliphatic heterocycles. The van der Waals surface area contributed by atoms with Gasteiger partial charge in [0.2, 0.25) is 10.0 Å². The maximum Gasteiger partial charge on any atom is 0.240 e. The normalized spacial score (nSPS) is 11.5. The van der Waals surface area contributed by atoms with Gasteiger partial charge in [-0.25, -0.2) is 13.1 Å². The molecule has 0 radical (unpaired) electrons. The summed E-state index contributed by atoms with van der Waals surface area (Å²) >= 11 is 0. The fourth-order valence-corrected chi connectivity index (χ4v) is 2.94. The number of nitrogens with zero attached hydrogens (tertiary/aromatic N) is 1. The molecule has 0 aliphatic rings. The van der Waals surface area contributed by atoms with Crippen LogP contribution >= 0.6 is 0 Å². The average Bonchev–Trinajstić information content (AvgIpc) is 2.47. The minimum Gasteiger partial charge on any atom is -0.316 e. The summed E-state index contributed by atoms with van der Waals surface area (Å²) in [6.07, 6.45) is 3.36. The van der Waals surface area contributed by atoms with Crippen molar-refractivity contribution in [1.29, 1.82) is 0 Å². The molecule has 0 unspecified atom stereocenters. The largest absolute Gasteiger partial charge is 0.316 e. The van der Waals surface area contributed by atoms with E-state index < -0.39 is 10.0 Å². The molecule has 0 saturated heterocycles. The zero-order valence-electron chi connectivity index (χ0n) is 12.1. The van der Waals surface area contributed by atoms with Gasteiger partial charge in [-0.3, -0.25) is 4.98 Å². The molecular formula is C15H19N3O2S. The molecule has 0 atom stereocenters. The number of pyridine rings is 1. The Kier molecular flexibility index (Phi) is 5.06. The van der Waals surface area contributed by atoms with Crippen LogP contribution < -0.4 is 10.0 Å². The van der Waals surface area contributed by atoms with Crippen LogP contribution in [0.4, 0.5) is 0 Å². The third-order valence-corrected chi connectivity index (χ3v) is 4.63.